The molecule has 0 saturated carbocycles. The summed E-state index contributed by atoms with van der Waals surface area (Å²) in [4.78, 5) is 11.9. The van der Waals surface area contributed by atoms with Gasteiger partial charge in [-0.15, -0.1) is 0 Å². The number of allylic oxidation sites excluding steroid dienone is 12. The SMILES string of the molecule is CC(=O)C1=C(C)C(C)=C(C2=C(Br)C(C)=C(C3=C(C)C(C)=CC3)C2)C1. The molecule has 3 rings (SSSR count). The minimum atomic E-state index is 0.204. The van der Waals surface area contributed by atoms with Crippen LogP contribution in [0.15, 0.2) is 66.3 Å². The fraction of sp³-hybridized carbons (Fsp3) is 0.409. The van der Waals surface area contributed by atoms with E-state index in [2.05, 4.69) is 56.6 Å². The van der Waals surface area contributed by atoms with Gasteiger partial charge in [0, 0.05) is 16.5 Å². The quantitative estimate of drug-likeness (QED) is 0.532. The monoisotopic (exact) mass is 384 g/mol. The van der Waals surface area contributed by atoms with Crippen LogP contribution in [0.5, 0.6) is 0 Å². The fourth-order valence-corrected chi connectivity index (χ4v) is 4.70. The van der Waals surface area contributed by atoms with Gasteiger partial charge in [-0.05, 0) is 99.0 Å². The Bertz CT molecular complexity index is 850. The van der Waals surface area contributed by atoms with E-state index >= 15 is 0 Å². The van der Waals surface area contributed by atoms with Gasteiger partial charge in [0.05, 0.1) is 0 Å². The maximum absolute atomic E-state index is 11.9. The fourth-order valence-electron chi connectivity index (χ4n) is 4.08. The van der Waals surface area contributed by atoms with Gasteiger partial charge in [0.15, 0.2) is 5.78 Å². The number of halogens is 1. The average Bonchev–Trinajstić information content (AvgIpc) is 3.11. The molecule has 2 heteroatoms. The second kappa shape index (κ2) is 6.15. The van der Waals surface area contributed by atoms with Crippen molar-refractivity contribution in [3.63, 3.8) is 0 Å². The molecule has 0 fully saturated rings. The Labute approximate surface area is 153 Å². The Hall–Kier alpha value is -1.41. The molecule has 0 heterocycles. The summed E-state index contributed by atoms with van der Waals surface area (Å²) in [5.41, 5.74) is 13.3. The number of hydrogen-bond acceptors (Lipinski definition) is 1. The molecule has 0 saturated heterocycles. The summed E-state index contributed by atoms with van der Waals surface area (Å²) in [6.45, 7) is 12.6. The molecule has 0 spiro atoms. The van der Waals surface area contributed by atoms with Crippen molar-refractivity contribution in [1.29, 1.82) is 0 Å². The molecular formula is C22H25BrO. The van der Waals surface area contributed by atoms with Gasteiger partial charge in [0.25, 0.3) is 0 Å². The Morgan fingerprint density at radius 3 is 1.96 bits per heavy atom. The molecule has 0 aromatic rings. The van der Waals surface area contributed by atoms with Crippen LogP contribution in [0.3, 0.4) is 0 Å². The van der Waals surface area contributed by atoms with Gasteiger partial charge in [-0.3, -0.25) is 4.79 Å². The summed E-state index contributed by atoms with van der Waals surface area (Å²) < 4.78 is 1.23. The van der Waals surface area contributed by atoms with Crippen molar-refractivity contribution >= 4 is 21.7 Å². The normalized spacial score (nSPS) is 21.9. The minimum Gasteiger partial charge on any atom is -0.295 e. The maximum atomic E-state index is 11.9. The van der Waals surface area contributed by atoms with Crippen LogP contribution in [0.25, 0.3) is 0 Å². The molecule has 0 amide bonds. The summed E-state index contributed by atoms with van der Waals surface area (Å²) in [5, 5.41) is 0. The Balaban J connectivity index is 1.94. The minimum absolute atomic E-state index is 0.204. The Morgan fingerprint density at radius 2 is 1.46 bits per heavy atom. The third-order valence-electron chi connectivity index (χ3n) is 6.03. The molecule has 3 aliphatic rings. The number of ketones is 1. The van der Waals surface area contributed by atoms with Gasteiger partial charge in [0.2, 0.25) is 0 Å². The van der Waals surface area contributed by atoms with Gasteiger partial charge >= 0.3 is 0 Å². The van der Waals surface area contributed by atoms with E-state index in [1.54, 1.807) is 6.92 Å². The Kier molecular flexibility index (Phi) is 4.46. The second-order valence-corrected chi connectivity index (χ2v) is 8.00. The summed E-state index contributed by atoms with van der Waals surface area (Å²) in [6, 6.07) is 0. The van der Waals surface area contributed by atoms with E-state index in [0.717, 1.165) is 24.8 Å². The van der Waals surface area contributed by atoms with Crippen LogP contribution in [0.4, 0.5) is 0 Å². The van der Waals surface area contributed by atoms with Crippen LogP contribution in [0, 0.1) is 0 Å². The van der Waals surface area contributed by atoms with Crippen molar-refractivity contribution in [3.05, 3.63) is 66.3 Å². The molecule has 24 heavy (non-hydrogen) atoms. The topological polar surface area (TPSA) is 17.1 Å². The van der Waals surface area contributed by atoms with Crippen LogP contribution in [0.1, 0.15) is 60.8 Å². The van der Waals surface area contributed by atoms with Crippen LogP contribution in [-0.4, -0.2) is 5.78 Å². The lowest BCUT2D eigenvalue weighted by molar-refractivity contribution is -0.113. The van der Waals surface area contributed by atoms with Crippen molar-refractivity contribution < 1.29 is 4.79 Å². The highest BCUT2D eigenvalue weighted by Gasteiger charge is 2.31. The van der Waals surface area contributed by atoms with Crippen molar-refractivity contribution in [1.82, 2.24) is 0 Å². The number of carbonyl (C=O) groups is 1. The first kappa shape index (κ1) is 17.4. The number of rotatable bonds is 3. The highest BCUT2D eigenvalue weighted by molar-refractivity contribution is 9.12. The van der Waals surface area contributed by atoms with Crippen LogP contribution in [0.2, 0.25) is 0 Å². The molecule has 0 bridgehead atoms. The van der Waals surface area contributed by atoms with E-state index in [0.29, 0.717) is 0 Å². The van der Waals surface area contributed by atoms with Gasteiger partial charge in [0.1, 0.15) is 0 Å². The summed E-state index contributed by atoms with van der Waals surface area (Å²) >= 11 is 3.85. The van der Waals surface area contributed by atoms with Crippen molar-refractivity contribution in [2.75, 3.05) is 0 Å². The second-order valence-electron chi connectivity index (χ2n) is 7.21. The third-order valence-corrected chi connectivity index (χ3v) is 7.11. The van der Waals surface area contributed by atoms with Gasteiger partial charge < -0.3 is 0 Å². The smallest absolute Gasteiger partial charge is 0.156 e. The molecule has 0 atom stereocenters. The summed E-state index contributed by atoms with van der Waals surface area (Å²) in [7, 11) is 0. The maximum Gasteiger partial charge on any atom is 0.156 e. The first-order valence-corrected chi connectivity index (χ1v) is 9.40. The molecule has 0 unspecified atom stereocenters. The lowest BCUT2D eigenvalue weighted by Gasteiger charge is -2.11. The van der Waals surface area contributed by atoms with Crippen molar-refractivity contribution in [2.45, 2.75) is 60.8 Å². The molecular weight excluding hydrogens is 360 g/mol. The lowest BCUT2D eigenvalue weighted by atomic mass is 9.93. The highest BCUT2D eigenvalue weighted by Crippen LogP contribution is 2.49. The van der Waals surface area contributed by atoms with Crippen LogP contribution < -0.4 is 0 Å². The number of hydrogen-bond donors (Lipinski definition) is 0. The van der Waals surface area contributed by atoms with Crippen molar-refractivity contribution in [3.8, 4) is 0 Å². The van der Waals surface area contributed by atoms with E-state index < -0.39 is 0 Å². The highest BCUT2D eigenvalue weighted by atomic mass is 79.9. The zero-order chi connectivity index (χ0) is 17.8. The first-order chi connectivity index (χ1) is 11.2. The van der Waals surface area contributed by atoms with E-state index in [9.17, 15) is 4.79 Å². The lowest BCUT2D eigenvalue weighted by Crippen LogP contribution is -1.97. The molecule has 0 N–H and O–H groups in total. The van der Waals surface area contributed by atoms with Crippen molar-refractivity contribution in [2.24, 2.45) is 0 Å². The largest absolute Gasteiger partial charge is 0.295 e. The summed E-state index contributed by atoms with van der Waals surface area (Å²) in [6.07, 6.45) is 5.14. The predicted molar refractivity (Wildman–Crippen MR) is 105 cm³/mol. The standard InChI is InChI=1S/C22H25BrO/c1-11-7-8-17(12(11)2)20-10-21(22(23)15(20)5)19-9-18(16(6)24)13(3)14(19)4/h7H,8-10H2,1-6H3. The molecule has 1 nitrogen and oxygen atoms in total. The third kappa shape index (κ3) is 2.56. The molecule has 126 valence electrons. The van der Waals surface area contributed by atoms with Crippen LogP contribution in [-0.2, 0) is 4.79 Å². The van der Waals surface area contributed by atoms with Crippen LogP contribution >= 0.6 is 15.9 Å². The van der Waals surface area contributed by atoms with E-state index in [1.165, 1.54) is 54.6 Å². The van der Waals surface area contributed by atoms with Gasteiger partial charge in [-0.25, -0.2) is 0 Å². The number of carbonyl (C=O) groups excluding carboxylic acids is 1. The molecule has 3 aliphatic carbocycles. The Morgan fingerprint density at radius 1 is 0.833 bits per heavy atom. The number of Topliss-reactive ketones (excluding diaryl/α,β-unsaturated/α-hetero) is 1. The zero-order valence-electron chi connectivity index (χ0n) is 15.5. The summed E-state index contributed by atoms with van der Waals surface area (Å²) in [5.74, 6) is 0.204. The van der Waals surface area contributed by atoms with Gasteiger partial charge in [-0.2, -0.15) is 0 Å². The molecule has 0 aromatic heterocycles. The predicted octanol–water partition coefficient (Wildman–Crippen LogP) is 6.65. The average molecular weight is 385 g/mol. The van der Waals surface area contributed by atoms with Gasteiger partial charge in [-0.1, -0.05) is 27.6 Å². The first-order valence-electron chi connectivity index (χ1n) is 8.61. The molecule has 0 aromatic carbocycles. The van der Waals surface area contributed by atoms with E-state index in [-0.39, 0.29) is 5.78 Å². The molecule has 0 radical (unpaired) electrons. The van der Waals surface area contributed by atoms with E-state index in [4.69, 9.17) is 0 Å². The zero-order valence-corrected chi connectivity index (χ0v) is 17.1. The van der Waals surface area contributed by atoms with E-state index in [1.807, 2.05) is 0 Å². The molecule has 0 aliphatic heterocycles.